The molecule has 4 nitrogen and oxygen atoms in total. The molecular weight excluding hydrogens is 402 g/mol. The van der Waals surface area contributed by atoms with Crippen LogP contribution in [0.15, 0.2) is 27.1 Å². The molecule has 1 aliphatic rings. The SMILES string of the molecule is O=C(NCCCOCC1CCCO1)c1cc(Br)cc(Br)c1. The monoisotopic (exact) mass is 419 g/mol. The molecule has 1 aromatic carbocycles. The Kier molecular flexibility index (Phi) is 7.16. The lowest BCUT2D eigenvalue weighted by atomic mass is 10.2. The van der Waals surface area contributed by atoms with E-state index in [1.165, 1.54) is 0 Å². The van der Waals surface area contributed by atoms with Gasteiger partial charge in [-0.1, -0.05) is 31.9 Å². The van der Waals surface area contributed by atoms with E-state index in [1.54, 1.807) is 12.1 Å². The molecule has 0 saturated carbocycles. The van der Waals surface area contributed by atoms with Gasteiger partial charge in [0.15, 0.2) is 0 Å². The van der Waals surface area contributed by atoms with Crippen molar-refractivity contribution in [3.8, 4) is 0 Å². The summed E-state index contributed by atoms with van der Waals surface area (Å²) in [5, 5.41) is 2.89. The molecule has 6 heteroatoms. The van der Waals surface area contributed by atoms with Gasteiger partial charge < -0.3 is 14.8 Å². The van der Waals surface area contributed by atoms with E-state index in [0.717, 1.165) is 34.8 Å². The molecule has 1 heterocycles. The minimum absolute atomic E-state index is 0.0730. The first-order chi connectivity index (χ1) is 10.1. The van der Waals surface area contributed by atoms with Crippen molar-refractivity contribution in [2.75, 3.05) is 26.4 Å². The van der Waals surface area contributed by atoms with Gasteiger partial charge in [-0.2, -0.15) is 0 Å². The Morgan fingerprint density at radius 1 is 1.33 bits per heavy atom. The molecule has 21 heavy (non-hydrogen) atoms. The molecule has 1 aromatic rings. The summed E-state index contributed by atoms with van der Waals surface area (Å²) in [6.45, 7) is 2.76. The molecule has 0 aromatic heterocycles. The molecule has 1 unspecified atom stereocenters. The number of carbonyl (C=O) groups excluding carboxylic acids is 1. The van der Waals surface area contributed by atoms with Crippen LogP contribution in [0, 0.1) is 0 Å². The highest BCUT2D eigenvalue weighted by atomic mass is 79.9. The average Bonchev–Trinajstić information content (AvgIpc) is 2.94. The lowest BCUT2D eigenvalue weighted by molar-refractivity contribution is 0.0166. The summed E-state index contributed by atoms with van der Waals surface area (Å²) in [4.78, 5) is 12.0. The molecule has 1 aliphatic heterocycles. The third kappa shape index (κ3) is 6.06. The molecule has 1 amide bonds. The Morgan fingerprint density at radius 3 is 2.76 bits per heavy atom. The third-order valence-corrected chi connectivity index (χ3v) is 4.12. The molecule has 1 N–H and O–H groups in total. The van der Waals surface area contributed by atoms with Crippen molar-refractivity contribution in [3.05, 3.63) is 32.7 Å². The van der Waals surface area contributed by atoms with E-state index < -0.39 is 0 Å². The van der Waals surface area contributed by atoms with Gasteiger partial charge in [-0.25, -0.2) is 0 Å². The van der Waals surface area contributed by atoms with Gasteiger partial charge in [0, 0.05) is 34.3 Å². The maximum Gasteiger partial charge on any atom is 0.251 e. The number of rotatable bonds is 7. The topological polar surface area (TPSA) is 47.6 Å². The van der Waals surface area contributed by atoms with Crippen LogP contribution in [0.5, 0.6) is 0 Å². The molecule has 0 spiro atoms. The quantitative estimate of drug-likeness (QED) is 0.686. The maximum absolute atomic E-state index is 12.0. The van der Waals surface area contributed by atoms with Crippen molar-refractivity contribution >= 4 is 37.8 Å². The smallest absolute Gasteiger partial charge is 0.251 e. The van der Waals surface area contributed by atoms with Crippen molar-refractivity contribution in [3.63, 3.8) is 0 Å². The second-order valence-corrected chi connectivity index (χ2v) is 6.81. The number of hydrogen-bond acceptors (Lipinski definition) is 3. The maximum atomic E-state index is 12.0. The van der Waals surface area contributed by atoms with Crippen LogP contribution in [-0.2, 0) is 9.47 Å². The van der Waals surface area contributed by atoms with E-state index in [9.17, 15) is 4.79 Å². The normalized spacial score (nSPS) is 17.9. The second-order valence-electron chi connectivity index (χ2n) is 4.98. The Hall–Kier alpha value is -0.430. The lowest BCUT2D eigenvalue weighted by Gasteiger charge is -2.10. The van der Waals surface area contributed by atoms with Crippen molar-refractivity contribution < 1.29 is 14.3 Å². The number of nitrogens with one attached hydrogen (secondary N) is 1. The Labute approximate surface area is 141 Å². The summed E-state index contributed by atoms with van der Waals surface area (Å²) >= 11 is 6.75. The van der Waals surface area contributed by atoms with Crippen molar-refractivity contribution in [2.45, 2.75) is 25.4 Å². The fourth-order valence-electron chi connectivity index (χ4n) is 2.15. The summed E-state index contributed by atoms with van der Waals surface area (Å²) in [6, 6.07) is 5.50. The zero-order chi connectivity index (χ0) is 15.1. The summed E-state index contributed by atoms with van der Waals surface area (Å²) in [5.74, 6) is -0.0730. The molecule has 1 atom stereocenters. The Morgan fingerprint density at radius 2 is 2.10 bits per heavy atom. The molecule has 0 aliphatic carbocycles. The number of amides is 1. The average molecular weight is 421 g/mol. The number of halogens is 2. The molecule has 1 saturated heterocycles. The molecule has 116 valence electrons. The highest BCUT2D eigenvalue weighted by molar-refractivity contribution is 9.11. The first-order valence-corrected chi connectivity index (χ1v) is 8.67. The number of benzene rings is 1. The summed E-state index contributed by atoms with van der Waals surface area (Å²) in [6.07, 6.45) is 3.28. The van der Waals surface area contributed by atoms with Crippen LogP contribution in [0.4, 0.5) is 0 Å². The van der Waals surface area contributed by atoms with Gasteiger partial charge in [-0.3, -0.25) is 4.79 Å². The zero-order valence-electron chi connectivity index (χ0n) is 11.7. The van der Waals surface area contributed by atoms with E-state index in [0.29, 0.717) is 25.3 Å². The van der Waals surface area contributed by atoms with Gasteiger partial charge in [0.2, 0.25) is 0 Å². The molecular formula is C15H19Br2NO3. The van der Waals surface area contributed by atoms with Crippen molar-refractivity contribution in [1.29, 1.82) is 0 Å². The first-order valence-electron chi connectivity index (χ1n) is 7.09. The van der Waals surface area contributed by atoms with Crippen molar-refractivity contribution in [2.24, 2.45) is 0 Å². The van der Waals surface area contributed by atoms with Gasteiger partial charge in [-0.15, -0.1) is 0 Å². The Balaban J connectivity index is 1.60. The highest BCUT2D eigenvalue weighted by Gasteiger charge is 2.15. The summed E-state index contributed by atoms with van der Waals surface area (Å²) < 4.78 is 12.8. The first kappa shape index (κ1) is 16.9. The van der Waals surface area contributed by atoms with Crippen LogP contribution in [0.2, 0.25) is 0 Å². The standard InChI is InChI=1S/C15H19Br2NO3/c16-12-7-11(8-13(17)9-12)15(19)18-4-2-5-20-10-14-3-1-6-21-14/h7-9,14H,1-6,10H2,(H,18,19). The predicted octanol–water partition coefficient (Wildman–Crippen LogP) is 3.53. The fourth-order valence-corrected chi connectivity index (χ4v) is 3.45. The van der Waals surface area contributed by atoms with E-state index >= 15 is 0 Å². The lowest BCUT2D eigenvalue weighted by Crippen LogP contribution is -2.25. The van der Waals surface area contributed by atoms with Gasteiger partial charge in [-0.05, 0) is 37.5 Å². The second kappa shape index (κ2) is 8.88. The predicted molar refractivity (Wildman–Crippen MR) is 88.6 cm³/mol. The summed E-state index contributed by atoms with van der Waals surface area (Å²) in [5.41, 5.74) is 0.636. The molecule has 2 rings (SSSR count). The van der Waals surface area contributed by atoms with Crippen molar-refractivity contribution in [1.82, 2.24) is 5.32 Å². The van der Waals surface area contributed by atoms with Crippen LogP contribution in [0.3, 0.4) is 0 Å². The van der Waals surface area contributed by atoms with E-state index in [-0.39, 0.29) is 12.0 Å². The Bertz CT molecular complexity index is 456. The minimum Gasteiger partial charge on any atom is -0.379 e. The van der Waals surface area contributed by atoms with Gasteiger partial charge >= 0.3 is 0 Å². The largest absolute Gasteiger partial charge is 0.379 e. The third-order valence-electron chi connectivity index (χ3n) is 3.20. The van der Waals surface area contributed by atoms with Crippen LogP contribution in [0.1, 0.15) is 29.6 Å². The number of ether oxygens (including phenoxy) is 2. The van der Waals surface area contributed by atoms with Crippen LogP contribution in [-0.4, -0.2) is 38.4 Å². The van der Waals surface area contributed by atoms with E-state index in [4.69, 9.17) is 9.47 Å². The fraction of sp³-hybridized carbons (Fsp3) is 0.533. The van der Waals surface area contributed by atoms with Crippen LogP contribution < -0.4 is 5.32 Å². The number of carbonyl (C=O) groups is 1. The van der Waals surface area contributed by atoms with Crippen LogP contribution >= 0.6 is 31.9 Å². The highest BCUT2D eigenvalue weighted by Crippen LogP contribution is 2.20. The number of hydrogen-bond donors (Lipinski definition) is 1. The molecule has 0 bridgehead atoms. The van der Waals surface area contributed by atoms with E-state index in [2.05, 4.69) is 37.2 Å². The van der Waals surface area contributed by atoms with Crippen LogP contribution in [0.25, 0.3) is 0 Å². The van der Waals surface area contributed by atoms with E-state index in [1.807, 2.05) is 6.07 Å². The van der Waals surface area contributed by atoms with Gasteiger partial charge in [0.25, 0.3) is 5.91 Å². The molecule has 1 fully saturated rings. The zero-order valence-corrected chi connectivity index (χ0v) is 14.9. The minimum atomic E-state index is -0.0730. The van der Waals surface area contributed by atoms with Gasteiger partial charge in [0.05, 0.1) is 12.7 Å². The summed E-state index contributed by atoms with van der Waals surface area (Å²) in [7, 11) is 0. The van der Waals surface area contributed by atoms with Gasteiger partial charge in [0.1, 0.15) is 0 Å². The molecule has 0 radical (unpaired) electrons.